The Morgan fingerprint density at radius 1 is 0.704 bits per heavy atom. The molecule has 6 rings (SSSR count). The first-order valence-electron chi connectivity index (χ1n) is 25.4. The molecule has 25 atom stereocenters. The molecule has 6 fully saturated rings. The Kier molecular flexibility index (Phi) is 21.2. The number of aliphatic hydroxyl groups is 6. The number of hydrogen-bond acceptors (Lipinski definition) is 25. The summed E-state index contributed by atoms with van der Waals surface area (Å²) in [6.07, 6.45) is -11.1. The zero-order valence-electron chi connectivity index (χ0n) is 42.2. The first kappa shape index (κ1) is 58.8. The maximum Gasteiger partial charge on any atom is 0.221 e. The molecule has 0 spiro atoms. The van der Waals surface area contributed by atoms with Gasteiger partial charge in [-0.15, -0.1) is 0 Å². The van der Waals surface area contributed by atoms with Gasteiger partial charge in [0.05, 0.1) is 49.6 Å². The zero-order chi connectivity index (χ0) is 52.1. The molecular weight excluding hydrogens is 935 g/mol. The van der Waals surface area contributed by atoms with Crippen LogP contribution >= 0.6 is 0 Å². The molecule has 4 aliphatic heterocycles. The lowest BCUT2D eigenvalue weighted by molar-refractivity contribution is -0.314. The van der Waals surface area contributed by atoms with Crippen LogP contribution in [0, 0.1) is 0 Å². The summed E-state index contributed by atoms with van der Waals surface area (Å²) in [5, 5.41) is 80.5. The lowest BCUT2D eigenvalue weighted by Gasteiger charge is -2.50. The highest BCUT2D eigenvalue weighted by atomic mass is 16.7. The highest BCUT2D eigenvalue weighted by Crippen LogP contribution is 2.35. The monoisotopic (exact) mass is 1020 g/mol. The van der Waals surface area contributed by atoms with Crippen molar-refractivity contribution in [3.8, 4) is 0 Å². The van der Waals surface area contributed by atoms with E-state index in [1.807, 2.05) is 14.0 Å². The molecule has 2 saturated carbocycles. The van der Waals surface area contributed by atoms with Crippen molar-refractivity contribution in [1.82, 2.24) is 26.2 Å². The highest BCUT2D eigenvalue weighted by molar-refractivity contribution is 5.76. The van der Waals surface area contributed by atoms with E-state index in [4.69, 9.17) is 72.3 Å². The standard InChI is InChI=1S/C45H89N11O15/c1-20(52-4)28-10-9-27(41(67-28)69-35-24(49)16-25(50)36(31(35)59)70-42-32(60)38(53-5)44(2,62)18-64-42)54-12-13-55-29(57)11-14-56(6)39-33(61)43(65-19-45(39,3)63)71-37-26(51)15-23(48)34(30(37)58)68-40-22(47)8-7-21(17-46)66-40/h20-28,30-43,52-54,58-63H,7-19,46-51H2,1-6H3,(H,55,57)/t20?,21-,22+,23-,24-,25+,26+,27+,28-,30-,31-,32+,33+,34?,35?,36?,37?,38+,39+,40?,41?,42?,43?,44-,45-/m0/s1. The van der Waals surface area contributed by atoms with Crippen molar-refractivity contribution in [1.29, 1.82) is 0 Å². The summed E-state index contributed by atoms with van der Waals surface area (Å²) in [7, 11) is 5.12. The van der Waals surface area contributed by atoms with E-state index in [0.29, 0.717) is 32.2 Å². The Hall–Kier alpha value is -1.49. The third kappa shape index (κ3) is 14.1. The van der Waals surface area contributed by atoms with Gasteiger partial charge in [-0.25, -0.2) is 0 Å². The number of amides is 1. The van der Waals surface area contributed by atoms with E-state index in [-0.39, 0.29) is 82.3 Å². The van der Waals surface area contributed by atoms with Gasteiger partial charge in [-0.2, -0.15) is 0 Å². The number of ether oxygens (including phenoxy) is 8. The molecule has 0 aromatic rings. The number of nitrogens with zero attached hydrogens (tertiary/aromatic N) is 1. The average molecular weight is 1020 g/mol. The third-order valence-electron chi connectivity index (χ3n) is 15.4. The number of aliphatic hydroxyl groups excluding tert-OH is 4. The second kappa shape index (κ2) is 25.6. The number of nitrogens with two attached hydrogens (primary N) is 6. The molecule has 0 bridgehead atoms. The van der Waals surface area contributed by atoms with Gasteiger partial charge in [0.25, 0.3) is 0 Å². The van der Waals surface area contributed by atoms with Crippen molar-refractivity contribution in [2.75, 3.05) is 60.5 Å². The van der Waals surface area contributed by atoms with Crippen LogP contribution in [0.1, 0.15) is 65.7 Å². The fraction of sp³-hybridized carbons (Fsp3) is 0.978. The van der Waals surface area contributed by atoms with E-state index >= 15 is 0 Å². The van der Waals surface area contributed by atoms with Crippen LogP contribution in [-0.2, 0) is 42.7 Å². The molecule has 6 aliphatic rings. The SMILES string of the molecule is CNC(C)[C@@H]1CC[C@@H](NCCNC(=O)CCN(C)[C@@H]2[C@@H](O)C(OC3[C@@H](O)C(OC4O[C@H](CN)CC[C@H]4N)[C@@H](N)C[C@H]3N)OC[C@]2(C)O)C(OC2[C@H](O)C(OC3OC[C@](C)(O)[C@H](NC)[C@H]3O)[C@H](N)C[C@@H]2N)O1. The Balaban J connectivity index is 0.996. The normalized spacial score (nSPS) is 47.3. The van der Waals surface area contributed by atoms with Crippen molar-refractivity contribution in [3.05, 3.63) is 0 Å². The zero-order valence-corrected chi connectivity index (χ0v) is 42.2. The topological polar surface area (TPSA) is 420 Å². The molecule has 26 nitrogen and oxygen atoms in total. The minimum Gasteiger partial charge on any atom is -0.388 e. The van der Waals surface area contributed by atoms with Crippen molar-refractivity contribution in [3.63, 3.8) is 0 Å². The first-order chi connectivity index (χ1) is 33.5. The molecule has 4 heterocycles. The van der Waals surface area contributed by atoms with Crippen LogP contribution in [0.5, 0.6) is 0 Å². The lowest BCUT2D eigenvalue weighted by atomic mass is 9.84. The molecule has 9 unspecified atom stereocenters. The quantitative estimate of drug-likeness (QED) is 0.0504. The minimum absolute atomic E-state index is 0.0181. The van der Waals surface area contributed by atoms with Crippen molar-refractivity contribution in [2.45, 2.75) is 217 Å². The van der Waals surface area contributed by atoms with E-state index in [1.165, 1.54) is 6.92 Å². The van der Waals surface area contributed by atoms with E-state index in [2.05, 4.69) is 21.3 Å². The van der Waals surface area contributed by atoms with E-state index in [0.717, 1.165) is 0 Å². The number of carbonyl (C=O) groups excluding carboxylic acids is 1. The largest absolute Gasteiger partial charge is 0.388 e. The number of rotatable bonds is 20. The number of likely N-dealkylation sites (N-methyl/N-ethyl adjacent to an activating group) is 3. The van der Waals surface area contributed by atoms with Crippen LogP contribution in [0.25, 0.3) is 0 Å². The summed E-state index contributed by atoms with van der Waals surface area (Å²) in [5.41, 5.74) is 35.0. The second-order valence-electron chi connectivity index (χ2n) is 21.2. The summed E-state index contributed by atoms with van der Waals surface area (Å²) < 4.78 is 48.9. The van der Waals surface area contributed by atoms with Gasteiger partial charge in [-0.05, 0) is 80.4 Å². The Morgan fingerprint density at radius 2 is 1.24 bits per heavy atom. The molecule has 71 heavy (non-hydrogen) atoms. The molecular formula is C45H89N11O15. The molecule has 0 aromatic carbocycles. The highest BCUT2D eigenvalue weighted by Gasteiger charge is 2.54. The maximum absolute atomic E-state index is 13.2. The number of nitrogens with one attached hydrogen (secondary N) is 4. The van der Waals surface area contributed by atoms with Crippen molar-refractivity contribution < 1.29 is 73.3 Å². The summed E-state index contributed by atoms with van der Waals surface area (Å²) in [6.45, 7) is 5.69. The van der Waals surface area contributed by atoms with Crippen LogP contribution < -0.4 is 55.7 Å². The Labute approximate surface area is 417 Å². The fourth-order valence-electron chi connectivity index (χ4n) is 11.1. The van der Waals surface area contributed by atoms with Gasteiger partial charge in [0.2, 0.25) is 5.91 Å². The number of hydrogen-bond donors (Lipinski definition) is 16. The van der Waals surface area contributed by atoms with Gasteiger partial charge in [-0.1, -0.05) is 0 Å². The summed E-state index contributed by atoms with van der Waals surface area (Å²) >= 11 is 0. The van der Waals surface area contributed by atoms with E-state index in [9.17, 15) is 35.4 Å². The molecule has 1 amide bonds. The smallest absolute Gasteiger partial charge is 0.221 e. The molecule has 26 heteroatoms. The van der Waals surface area contributed by atoms with Gasteiger partial charge in [0.15, 0.2) is 25.2 Å². The first-order valence-corrected chi connectivity index (χ1v) is 25.4. The van der Waals surface area contributed by atoms with E-state index < -0.39 is 127 Å². The minimum atomic E-state index is -1.56. The summed E-state index contributed by atoms with van der Waals surface area (Å²) in [4.78, 5) is 14.9. The molecule has 2 aliphatic carbocycles. The summed E-state index contributed by atoms with van der Waals surface area (Å²) in [5.74, 6) is -0.281. The van der Waals surface area contributed by atoms with Crippen LogP contribution in [0.15, 0.2) is 0 Å². The lowest BCUT2D eigenvalue weighted by Crippen LogP contribution is -2.69. The Morgan fingerprint density at radius 3 is 1.79 bits per heavy atom. The van der Waals surface area contributed by atoms with Crippen LogP contribution in [0.2, 0.25) is 0 Å². The Bertz CT molecular complexity index is 1660. The van der Waals surface area contributed by atoms with Gasteiger partial charge in [-0.3, -0.25) is 9.69 Å². The van der Waals surface area contributed by atoms with Crippen molar-refractivity contribution >= 4 is 5.91 Å². The van der Waals surface area contributed by atoms with Crippen LogP contribution in [0.3, 0.4) is 0 Å². The third-order valence-corrected chi connectivity index (χ3v) is 15.4. The molecule has 0 radical (unpaired) electrons. The maximum atomic E-state index is 13.2. The molecule has 414 valence electrons. The van der Waals surface area contributed by atoms with Gasteiger partial charge in [0, 0.05) is 62.8 Å². The molecule has 22 N–H and O–H groups in total. The summed E-state index contributed by atoms with van der Waals surface area (Å²) in [6, 6.07) is -5.43. The van der Waals surface area contributed by atoms with Gasteiger partial charge in [0.1, 0.15) is 60.0 Å². The predicted molar refractivity (Wildman–Crippen MR) is 255 cm³/mol. The fourth-order valence-corrected chi connectivity index (χ4v) is 11.1. The average Bonchev–Trinajstić information content (AvgIpc) is 3.31. The van der Waals surface area contributed by atoms with E-state index in [1.54, 1.807) is 25.9 Å². The molecule has 0 aromatic heterocycles. The predicted octanol–water partition coefficient (Wildman–Crippen LogP) is -7.44. The van der Waals surface area contributed by atoms with Crippen LogP contribution in [0.4, 0.5) is 0 Å². The second-order valence-corrected chi connectivity index (χ2v) is 21.2. The number of carbonyl (C=O) groups is 1. The van der Waals surface area contributed by atoms with Gasteiger partial charge >= 0.3 is 0 Å². The molecule has 4 saturated heterocycles. The van der Waals surface area contributed by atoms with Crippen LogP contribution in [-0.4, -0.2) is 254 Å². The van der Waals surface area contributed by atoms with Gasteiger partial charge < -0.3 is 124 Å². The van der Waals surface area contributed by atoms with Crippen molar-refractivity contribution in [2.24, 2.45) is 34.4 Å².